The van der Waals surface area contributed by atoms with Gasteiger partial charge in [0.1, 0.15) is 6.04 Å². The molecule has 1 atom stereocenters. The van der Waals surface area contributed by atoms with Gasteiger partial charge in [-0.05, 0) is 0 Å². The van der Waals surface area contributed by atoms with Crippen molar-refractivity contribution in [2.75, 3.05) is 11.5 Å². The largest absolute Gasteiger partial charge is 0.480 e. The lowest BCUT2D eigenvalue weighted by Crippen LogP contribution is -2.49. The van der Waals surface area contributed by atoms with Crippen LogP contribution in [-0.2, 0) is 9.59 Å². The van der Waals surface area contributed by atoms with Crippen molar-refractivity contribution in [2.45, 2.75) is 19.9 Å². The summed E-state index contributed by atoms with van der Waals surface area (Å²) in [5.74, 6) is -0.0284. The molecular formula is C8H13NO3S2. The van der Waals surface area contributed by atoms with Gasteiger partial charge in [-0.2, -0.15) is 0 Å². The molecule has 2 N–H and O–H groups in total. The minimum absolute atomic E-state index is 0.183. The number of nitrogens with one attached hydrogen (secondary N) is 1. The first-order valence-electron chi connectivity index (χ1n) is 4.22. The first-order chi connectivity index (χ1) is 6.43. The molecule has 1 fully saturated rings. The van der Waals surface area contributed by atoms with Crippen LogP contribution < -0.4 is 5.32 Å². The topological polar surface area (TPSA) is 66.4 Å². The third-order valence-corrected chi connectivity index (χ3v) is 4.69. The third-order valence-electron chi connectivity index (χ3n) is 1.96. The second-order valence-electron chi connectivity index (χ2n) is 3.79. The highest BCUT2D eigenvalue weighted by atomic mass is 33.1. The van der Waals surface area contributed by atoms with Crippen LogP contribution in [0.1, 0.15) is 13.8 Å². The van der Waals surface area contributed by atoms with Gasteiger partial charge >= 0.3 is 5.97 Å². The summed E-state index contributed by atoms with van der Waals surface area (Å²) in [6.45, 7) is 3.64. The van der Waals surface area contributed by atoms with E-state index >= 15 is 0 Å². The minimum atomic E-state index is -0.968. The number of hydrogen-bond donors (Lipinski definition) is 2. The summed E-state index contributed by atoms with van der Waals surface area (Å²) in [4.78, 5) is 22.3. The van der Waals surface area contributed by atoms with Crippen molar-refractivity contribution < 1.29 is 14.7 Å². The van der Waals surface area contributed by atoms with Gasteiger partial charge < -0.3 is 10.4 Å². The lowest BCUT2D eigenvalue weighted by molar-refractivity contribution is -0.142. The highest BCUT2D eigenvalue weighted by molar-refractivity contribution is 8.76. The summed E-state index contributed by atoms with van der Waals surface area (Å²) in [5, 5.41) is 11.3. The molecule has 0 spiro atoms. The molecule has 0 unspecified atom stereocenters. The number of carbonyl (C=O) groups is 2. The van der Waals surface area contributed by atoms with E-state index in [1.54, 1.807) is 10.8 Å². The van der Waals surface area contributed by atoms with E-state index < -0.39 is 17.4 Å². The fourth-order valence-electron chi connectivity index (χ4n) is 0.899. The molecule has 1 rings (SSSR count). The Morgan fingerprint density at radius 3 is 2.79 bits per heavy atom. The summed E-state index contributed by atoms with van der Waals surface area (Å²) in [6, 6.07) is -0.764. The van der Waals surface area contributed by atoms with Crippen molar-refractivity contribution >= 4 is 33.5 Å². The van der Waals surface area contributed by atoms with Crippen LogP contribution in [-0.4, -0.2) is 34.5 Å². The third kappa shape index (κ3) is 2.81. The molecule has 1 aliphatic heterocycles. The van der Waals surface area contributed by atoms with Gasteiger partial charge in [-0.3, -0.25) is 4.79 Å². The average molecular weight is 235 g/mol. The van der Waals surface area contributed by atoms with Crippen LogP contribution in [0.25, 0.3) is 0 Å². The lowest BCUT2D eigenvalue weighted by Gasteiger charge is -2.27. The smallest absolute Gasteiger partial charge is 0.327 e. The molecule has 1 heterocycles. The highest BCUT2D eigenvalue weighted by Crippen LogP contribution is 2.32. The molecule has 0 aromatic rings. The van der Waals surface area contributed by atoms with Crippen molar-refractivity contribution in [3.63, 3.8) is 0 Å². The van der Waals surface area contributed by atoms with Crippen LogP contribution in [0.2, 0.25) is 0 Å². The first kappa shape index (κ1) is 11.7. The van der Waals surface area contributed by atoms with Gasteiger partial charge in [0.05, 0.1) is 5.41 Å². The number of carboxylic acids is 1. The Bertz CT molecular complexity index is 255. The molecule has 6 heteroatoms. The van der Waals surface area contributed by atoms with Crippen LogP contribution in [0, 0.1) is 5.41 Å². The van der Waals surface area contributed by atoms with E-state index in [0.29, 0.717) is 11.5 Å². The maximum absolute atomic E-state index is 11.6. The summed E-state index contributed by atoms with van der Waals surface area (Å²) in [6.07, 6.45) is 0. The molecule has 1 aliphatic rings. The molecule has 0 saturated carbocycles. The highest BCUT2D eigenvalue weighted by Gasteiger charge is 2.33. The van der Waals surface area contributed by atoms with Crippen LogP contribution >= 0.6 is 21.6 Å². The molecule has 0 aliphatic carbocycles. The van der Waals surface area contributed by atoms with E-state index in [2.05, 4.69) is 5.32 Å². The molecule has 14 heavy (non-hydrogen) atoms. The quantitative estimate of drug-likeness (QED) is 0.663. The number of hydrogen-bond acceptors (Lipinski definition) is 4. The molecule has 0 aromatic carbocycles. The summed E-state index contributed by atoms with van der Waals surface area (Å²) < 4.78 is 0. The molecule has 0 radical (unpaired) electrons. The normalized spacial score (nSPS) is 27.3. The maximum atomic E-state index is 11.6. The monoisotopic (exact) mass is 235 g/mol. The zero-order chi connectivity index (χ0) is 10.8. The van der Waals surface area contributed by atoms with Gasteiger partial charge in [-0.25, -0.2) is 4.79 Å². The van der Waals surface area contributed by atoms with E-state index in [4.69, 9.17) is 5.11 Å². The van der Waals surface area contributed by atoms with Crippen LogP contribution in [0.5, 0.6) is 0 Å². The lowest BCUT2D eigenvalue weighted by atomic mass is 9.95. The fraction of sp³-hybridized carbons (Fsp3) is 0.750. The van der Waals surface area contributed by atoms with Crippen LogP contribution in [0.3, 0.4) is 0 Å². The van der Waals surface area contributed by atoms with Crippen LogP contribution in [0.4, 0.5) is 0 Å². The van der Waals surface area contributed by atoms with Crippen molar-refractivity contribution in [3.8, 4) is 0 Å². The molecule has 1 amide bonds. The standard InChI is InChI=1S/C8H13NO3S2/c1-8(2)4-14-13-3-5(6(10)11)9-7(8)12/h5H,3-4H2,1-2H3,(H,9,12)(H,10,11)/t5-/m1/s1. The molecule has 0 aromatic heterocycles. The molecule has 80 valence electrons. The number of carbonyl (C=O) groups excluding carboxylic acids is 1. The Kier molecular flexibility index (Phi) is 3.71. The van der Waals surface area contributed by atoms with Crippen molar-refractivity contribution in [1.29, 1.82) is 0 Å². The predicted octanol–water partition coefficient (Wildman–Crippen LogP) is 0.977. The van der Waals surface area contributed by atoms with Gasteiger partial charge in [0, 0.05) is 11.5 Å². The summed E-state index contributed by atoms with van der Waals surface area (Å²) in [7, 11) is 3.04. The van der Waals surface area contributed by atoms with Gasteiger partial charge in [-0.15, -0.1) is 0 Å². The Hall–Kier alpha value is -0.360. The van der Waals surface area contributed by atoms with E-state index in [0.717, 1.165) is 0 Å². The molecule has 4 nitrogen and oxygen atoms in total. The molecule has 1 saturated heterocycles. The van der Waals surface area contributed by atoms with E-state index in [-0.39, 0.29) is 5.91 Å². The Morgan fingerprint density at radius 1 is 1.57 bits per heavy atom. The first-order valence-corrected chi connectivity index (χ1v) is 6.70. The van der Waals surface area contributed by atoms with E-state index in [1.807, 2.05) is 13.8 Å². The summed E-state index contributed by atoms with van der Waals surface area (Å²) in [5.41, 5.74) is -0.494. The predicted molar refractivity (Wildman–Crippen MR) is 58.3 cm³/mol. The fourth-order valence-corrected chi connectivity index (χ4v) is 3.70. The number of carboxylic acid groups (broad SMARTS) is 1. The number of amides is 1. The Balaban J connectivity index is 2.71. The maximum Gasteiger partial charge on any atom is 0.327 e. The molecular weight excluding hydrogens is 222 g/mol. The van der Waals surface area contributed by atoms with E-state index in [9.17, 15) is 9.59 Å². The van der Waals surface area contributed by atoms with Crippen molar-refractivity contribution in [3.05, 3.63) is 0 Å². The summed E-state index contributed by atoms with van der Waals surface area (Å²) >= 11 is 0. The molecule has 0 bridgehead atoms. The van der Waals surface area contributed by atoms with Gasteiger partial charge in [0.15, 0.2) is 0 Å². The average Bonchev–Trinajstić information content (AvgIpc) is 2.07. The SMILES string of the molecule is CC1(C)CSSC[C@H](C(=O)O)NC1=O. The second kappa shape index (κ2) is 4.44. The second-order valence-corrected chi connectivity index (χ2v) is 6.30. The van der Waals surface area contributed by atoms with Crippen LogP contribution in [0.15, 0.2) is 0 Å². The van der Waals surface area contributed by atoms with Crippen molar-refractivity contribution in [1.82, 2.24) is 5.32 Å². The Labute approximate surface area is 90.6 Å². The van der Waals surface area contributed by atoms with Gasteiger partial charge in [-0.1, -0.05) is 35.4 Å². The zero-order valence-electron chi connectivity index (χ0n) is 8.07. The Morgan fingerprint density at radius 2 is 2.21 bits per heavy atom. The van der Waals surface area contributed by atoms with Crippen molar-refractivity contribution in [2.24, 2.45) is 5.41 Å². The van der Waals surface area contributed by atoms with E-state index in [1.165, 1.54) is 10.8 Å². The van der Waals surface area contributed by atoms with Gasteiger partial charge in [0.25, 0.3) is 0 Å². The minimum Gasteiger partial charge on any atom is -0.480 e. The number of aliphatic carboxylic acids is 1. The number of rotatable bonds is 1. The zero-order valence-corrected chi connectivity index (χ0v) is 9.70. The van der Waals surface area contributed by atoms with Gasteiger partial charge in [0.2, 0.25) is 5.91 Å².